The van der Waals surface area contributed by atoms with Gasteiger partial charge in [0.25, 0.3) is 5.91 Å². The molecule has 0 radical (unpaired) electrons. The van der Waals surface area contributed by atoms with Crippen LogP contribution in [0, 0.1) is 6.92 Å². The van der Waals surface area contributed by atoms with E-state index >= 15 is 0 Å². The molecule has 35 heavy (non-hydrogen) atoms. The van der Waals surface area contributed by atoms with Gasteiger partial charge in [0, 0.05) is 17.2 Å². The van der Waals surface area contributed by atoms with Crippen LogP contribution >= 0.6 is 0 Å². The number of amides is 1. The SMILES string of the molecule is COc1ccc(NC(=O)COC(=O)c2cccc3c(=O)c(C)c(-c4ccccc4)oc23)c(OC)c1. The molecule has 1 N–H and O–H groups in total. The Bertz CT molecular complexity index is 1460. The first-order valence-electron chi connectivity index (χ1n) is 10.7. The number of hydrogen-bond acceptors (Lipinski definition) is 7. The zero-order chi connectivity index (χ0) is 24.9. The number of carbonyl (C=O) groups is 2. The van der Waals surface area contributed by atoms with Crippen LogP contribution in [0.5, 0.6) is 11.5 Å². The van der Waals surface area contributed by atoms with E-state index in [0.717, 1.165) is 0 Å². The Morgan fingerprint density at radius 2 is 1.71 bits per heavy atom. The largest absolute Gasteiger partial charge is 0.497 e. The van der Waals surface area contributed by atoms with Crippen molar-refractivity contribution in [1.82, 2.24) is 0 Å². The summed E-state index contributed by atoms with van der Waals surface area (Å²) in [4.78, 5) is 38.3. The van der Waals surface area contributed by atoms with Crippen molar-refractivity contribution in [2.45, 2.75) is 6.92 Å². The Hall–Kier alpha value is -4.59. The quantitative estimate of drug-likeness (QED) is 0.392. The molecule has 178 valence electrons. The maximum Gasteiger partial charge on any atom is 0.342 e. The van der Waals surface area contributed by atoms with Crippen LogP contribution in [0.4, 0.5) is 5.69 Å². The third-order valence-electron chi connectivity index (χ3n) is 5.42. The smallest absolute Gasteiger partial charge is 0.342 e. The second-order valence-corrected chi connectivity index (χ2v) is 7.62. The first kappa shape index (κ1) is 23.6. The Morgan fingerprint density at radius 1 is 0.943 bits per heavy atom. The second-order valence-electron chi connectivity index (χ2n) is 7.62. The van der Waals surface area contributed by atoms with Crippen LogP contribution in [-0.2, 0) is 9.53 Å². The normalized spacial score (nSPS) is 10.6. The summed E-state index contributed by atoms with van der Waals surface area (Å²) in [7, 11) is 2.98. The van der Waals surface area contributed by atoms with Crippen molar-refractivity contribution in [2.24, 2.45) is 0 Å². The molecule has 0 aliphatic heterocycles. The summed E-state index contributed by atoms with van der Waals surface area (Å²) in [5.74, 6) is -0.0343. The Balaban J connectivity index is 1.57. The van der Waals surface area contributed by atoms with Crippen LogP contribution in [-0.4, -0.2) is 32.7 Å². The van der Waals surface area contributed by atoms with Crippen molar-refractivity contribution in [3.8, 4) is 22.8 Å². The molecule has 8 nitrogen and oxygen atoms in total. The molecule has 0 aliphatic rings. The van der Waals surface area contributed by atoms with Crippen LogP contribution in [0.25, 0.3) is 22.3 Å². The zero-order valence-electron chi connectivity index (χ0n) is 19.4. The minimum Gasteiger partial charge on any atom is -0.497 e. The van der Waals surface area contributed by atoms with E-state index in [9.17, 15) is 14.4 Å². The lowest BCUT2D eigenvalue weighted by molar-refractivity contribution is -0.119. The van der Waals surface area contributed by atoms with E-state index in [4.69, 9.17) is 18.6 Å². The summed E-state index contributed by atoms with van der Waals surface area (Å²) < 4.78 is 21.7. The van der Waals surface area contributed by atoms with E-state index in [2.05, 4.69) is 5.32 Å². The molecule has 8 heteroatoms. The summed E-state index contributed by atoms with van der Waals surface area (Å²) in [6, 6.07) is 18.7. The number of ether oxygens (including phenoxy) is 3. The Morgan fingerprint density at radius 3 is 2.43 bits per heavy atom. The summed E-state index contributed by atoms with van der Waals surface area (Å²) in [5.41, 5.74) is 1.44. The van der Waals surface area contributed by atoms with Gasteiger partial charge in [-0.15, -0.1) is 0 Å². The highest BCUT2D eigenvalue weighted by atomic mass is 16.5. The van der Waals surface area contributed by atoms with Gasteiger partial charge in [0.2, 0.25) is 0 Å². The highest BCUT2D eigenvalue weighted by Gasteiger charge is 2.20. The van der Waals surface area contributed by atoms with Gasteiger partial charge in [-0.05, 0) is 31.2 Å². The lowest BCUT2D eigenvalue weighted by Gasteiger charge is -2.12. The predicted octanol–water partition coefficient (Wildman–Crippen LogP) is 4.58. The molecule has 3 aromatic carbocycles. The van der Waals surface area contributed by atoms with Crippen molar-refractivity contribution in [3.05, 3.63) is 88.1 Å². The van der Waals surface area contributed by atoms with Gasteiger partial charge in [-0.2, -0.15) is 0 Å². The lowest BCUT2D eigenvalue weighted by atomic mass is 10.0. The van der Waals surface area contributed by atoms with Gasteiger partial charge in [0.05, 0.1) is 25.3 Å². The highest BCUT2D eigenvalue weighted by molar-refractivity contribution is 6.03. The third kappa shape index (κ3) is 4.86. The number of fused-ring (bicyclic) bond motifs is 1. The van der Waals surface area contributed by atoms with E-state index in [-0.39, 0.29) is 22.0 Å². The molecular weight excluding hydrogens is 450 g/mol. The molecule has 0 saturated carbocycles. The molecule has 4 aromatic rings. The number of esters is 1. The van der Waals surface area contributed by atoms with Gasteiger partial charge in [-0.25, -0.2) is 4.79 Å². The molecule has 0 bridgehead atoms. The minimum absolute atomic E-state index is 0.0478. The molecule has 0 spiro atoms. The third-order valence-corrected chi connectivity index (χ3v) is 5.42. The van der Waals surface area contributed by atoms with Crippen molar-refractivity contribution >= 4 is 28.5 Å². The van der Waals surface area contributed by atoms with Crippen LogP contribution in [0.2, 0.25) is 0 Å². The summed E-state index contributed by atoms with van der Waals surface area (Å²) >= 11 is 0. The van der Waals surface area contributed by atoms with Crippen molar-refractivity contribution in [1.29, 1.82) is 0 Å². The zero-order valence-corrected chi connectivity index (χ0v) is 19.4. The first-order valence-corrected chi connectivity index (χ1v) is 10.7. The summed E-state index contributed by atoms with van der Waals surface area (Å²) in [6.07, 6.45) is 0. The number of anilines is 1. The van der Waals surface area contributed by atoms with E-state index < -0.39 is 18.5 Å². The van der Waals surface area contributed by atoms with Gasteiger partial charge >= 0.3 is 5.97 Å². The summed E-state index contributed by atoms with van der Waals surface area (Å²) in [5, 5.41) is 2.89. The fraction of sp³-hybridized carbons (Fsp3) is 0.148. The van der Waals surface area contributed by atoms with Crippen molar-refractivity contribution in [3.63, 3.8) is 0 Å². The van der Waals surface area contributed by atoms with Gasteiger partial charge in [0.1, 0.15) is 22.8 Å². The van der Waals surface area contributed by atoms with Crippen LogP contribution in [0.3, 0.4) is 0 Å². The number of benzene rings is 3. The molecule has 1 amide bonds. The number of carbonyl (C=O) groups excluding carboxylic acids is 2. The molecular formula is C27H23NO7. The topological polar surface area (TPSA) is 104 Å². The molecule has 4 rings (SSSR count). The van der Waals surface area contributed by atoms with Crippen molar-refractivity contribution in [2.75, 3.05) is 26.1 Å². The monoisotopic (exact) mass is 473 g/mol. The fourth-order valence-electron chi connectivity index (χ4n) is 3.63. The Labute approximate surface area is 201 Å². The van der Waals surface area contributed by atoms with Gasteiger partial charge < -0.3 is 23.9 Å². The Kier molecular flexibility index (Phi) is 6.82. The van der Waals surface area contributed by atoms with Crippen molar-refractivity contribution < 1.29 is 28.2 Å². The molecule has 1 aromatic heterocycles. The number of para-hydroxylation sites is 1. The minimum atomic E-state index is -0.793. The maximum atomic E-state index is 13.0. The molecule has 0 atom stereocenters. The van der Waals surface area contributed by atoms with E-state index in [1.807, 2.05) is 30.3 Å². The molecule has 0 saturated heterocycles. The van der Waals surface area contributed by atoms with Crippen LogP contribution in [0.1, 0.15) is 15.9 Å². The fourth-order valence-corrected chi connectivity index (χ4v) is 3.63. The van der Waals surface area contributed by atoms with Crippen LogP contribution < -0.4 is 20.2 Å². The summed E-state index contributed by atoms with van der Waals surface area (Å²) in [6.45, 7) is 1.13. The van der Waals surface area contributed by atoms with E-state index in [1.165, 1.54) is 20.3 Å². The molecule has 1 heterocycles. The number of hydrogen-bond donors (Lipinski definition) is 1. The number of nitrogens with one attached hydrogen (secondary N) is 1. The van der Waals surface area contributed by atoms with Gasteiger partial charge in [-0.3, -0.25) is 9.59 Å². The first-order chi connectivity index (χ1) is 16.9. The number of rotatable bonds is 7. The average molecular weight is 473 g/mol. The van der Waals surface area contributed by atoms with Crippen LogP contribution in [0.15, 0.2) is 75.9 Å². The number of methoxy groups -OCH3 is 2. The molecule has 0 fully saturated rings. The highest BCUT2D eigenvalue weighted by Crippen LogP contribution is 2.29. The lowest BCUT2D eigenvalue weighted by Crippen LogP contribution is -2.21. The maximum absolute atomic E-state index is 13.0. The molecule has 0 aliphatic carbocycles. The predicted molar refractivity (Wildman–Crippen MR) is 131 cm³/mol. The standard InChI is InChI=1S/C27H23NO7/c1-16-24(30)19-10-7-11-20(26(19)35-25(16)17-8-5-4-6-9-17)27(31)34-15-23(29)28-21-13-12-18(32-2)14-22(21)33-3/h4-14H,15H2,1-3H3,(H,28,29). The van der Waals surface area contributed by atoms with E-state index in [0.29, 0.717) is 34.1 Å². The van der Waals surface area contributed by atoms with E-state index in [1.54, 1.807) is 37.3 Å². The molecule has 0 unspecified atom stereocenters. The van der Waals surface area contributed by atoms with Gasteiger partial charge in [-0.1, -0.05) is 36.4 Å². The van der Waals surface area contributed by atoms with Gasteiger partial charge in [0.15, 0.2) is 17.6 Å². The average Bonchev–Trinajstić information content (AvgIpc) is 2.89. The second kappa shape index (κ2) is 10.1.